The minimum Gasteiger partial charge on any atom is -0.481 e. The van der Waals surface area contributed by atoms with E-state index in [4.69, 9.17) is 5.11 Å². The molecule has 104 valence electrons. The zero-order valence-electron chi connectivity index (χ0n) is 10.5. The van der Waals surface area contributed by atoms with Gasteiger partial charge < -0.3 is 10.4 Å². The van der Waals surface area contributed by atoms with Gasteiger partial charge in [0.05, 0.1) is 6.42 Å². The first kappa shape index (κ1) is 14.7. The monoisotopic (exact) mass is 268 g/mol. The van der Waals surface area contributed by atoms with Crippen LogP contribution >= 0.6 is 0 Å². The fourth-order valence-electron chi connectivity index (χ4n) is 1.40. The number of aryl methyl sites for hydroxylation is 1. The number of carboxylic acids is 1. The van der Waals surface area contributed by atoms with Crippen LogP contribution in [0.3, 0.4) is 0 Å². The molecule has 1 aromatic heterocycles. The van der Waals surface area contributed by atoms with E-state index in [-0.39, 0.29) is 12.8 Å². The van der Waals surface area contributed by atoms with Gasteiger partial charge in [-0.3, -0.25) is 19.6 Å². The maximum atomic E-state index is 11.3. The van der Waals surface area contributed by atoms with Gasteiger partial charge in [-0.15, -0.1) is 0 Å². The van der Waals surface area contributed by atoms with Crippen molar-refractivity contribution in [2.75, 3.05) is 6.54 Å². The van der Waals surface area contributed by atoms with E-state index in [1.54, 1.807) is 17.9 Å². The van der Waals surface area contributed by atoms with Crippen LogP contribution in [0.25, 0.3) is 0 Å². The predicted molar refractivity (Wildman–Crippen MR) is 65.3 cm³/mol. The lowest BCUT2D eigenvalue weighted by Crippen LogP contribution is -2.40. The van der Waals surface area contributed by atoms with Gasteiger partial charge in [0, 0.05) is 38.3 Å². The zero-order chi connectivity index (χ0) is 14.3. The third-order valence-electron chi connectivity index (χ3n) is 2.41. The van der Waals surface area contributed by atoms with Gasteiger partial charge in [-0.05, 0) is 6.07 Å². The van der Waals surface area contributed by atoms with E-state index in [1.165, 1.54) is 0 Å². The summed E-state index contributed by atoms with van der Waals surface area (Å²) in [5.74, 6) is -1.69. The van der Waals surface area contributed by atoms with Gasteiger partial charge in [0.2, 0.25) is 5.91 Å². The number of hydrogen-bond acceptors (Lipinski definition) is 4. The first-order valence-corrected chi connectivity index (χ1v) is 5.75. The average Bonchev–Trinajstić information content (AvgIpc) is 2.72. The summed E-state index contributed by atoms with van der Waals surface area (Å²) in [6.07, 6.45) is 1.73. The Bertz CT molecular complexity index is 469. The van der Waals surface area contributed by atoms with Gasteiger partial charge in [0.15, 0.2) is 0 Å². The van der Waals surface area contributed by atoms with E-state index >= 15 is 0 Å². The maximum absolute atomic E-state index is 11.3. The molecular weight excluding hydrogens is 252 g/mol. The summed E-state index contributed by atoms with van der Waals surface area (Å²) < 4.78 is 1.69. The highest BCUT2D eigenvalue weighted by molar-refractivity contribution is 5.95. The van der Waals surface area contributed by atoms with E-state index in [0.29, 0.717) is 13.0 Å². The number of aliphatic carboxylic acids is 1. The molecule has 8 heteroatoms. The van der Waals surface area contributed by atoms with Crippen molar-refractivity contribution in [3.63, 3.8) is 0 Å². The number of nitrogens with one attached hydrogen (secondary N) is 2. The largest absolute Gasteiger partial charge is 0.481 e. The van der Waals surface area contributed by atoms with Crippen LogP contribution in [0.15, 0.2) is 12.3 Å². The van der Waals surface area contributed by atoms with Crippen molar-refractivity contribution in [3.05, 3.63) is 18.0 Å². The smallest absolute Gasteiger partial charge is 0.321 e. The SMILES string of the molecule is Cn1nccc1CCNC(=O)NC(=O)CCC(=O)O. The van der Waals surface area contributed by atoms with E-state index < -0.39 is 17.9 Å². The van der Waals surface area contributed by atoms with Gasteiger partial charge in [-0.1, -0.05) is 0 Å². The third-order valence-corrected chi connectivity index (χ3v) is 2.41. The minimum atomic E-state index is -1.08. The second kappa shape index (κ2) is 7.14. The van der Waals surface area contributed by atoms with Gasteiger partial charge in [-0.2, -0.15) is 5.10 Å². The molecule has 0 saturated heterocycles. The Morgan fingerprint density at radius 2 is 2.11 bits per heavy atom. The lowest BCUT2D eigenvalue weighted by molar-refractivity contribution is -0.138. The van der Waals surface area contributed by atoms with Crippen molar-refractivity contribution >= 4 is 17.9 Å². The Morgan fingerprint density at radius 1 is 1.37 bits per heavy atom. The number of hydrogen-bond donors (Lipinski definition) is 3. The van der Waals surface area contributed by atoms with Crippen LogP contribution in [-0.4, -0.2) is 39.3 Å². The molecule has 0 fully saturated rings. The predicted octanol–water partition coefficient (Wildman–Crippen LogP) is -0.347. The summed E-state index contributed by atoms with van der Waals surface area (Å²) in [6.45, 7) is 0.359. The van der Waals surface area contributed by atoms with Crippen LogP contribution in [0.5, 0.6) is 0 Å². The van der Waals surface area contributed by atoms with Crippen molar-refractivity contribution in [2.45, 2.75) is 19.3 Å². The topological polar surface area (TPSA) is 113 Å². The van der Waals surface area contributed by atoms with E-state index in [0.717, 1.165) is 5.69 Å². The normalized spacial score (nSPS) is 9.95. The summed E-state index contributed by atoms with van der Waals surface area (Å²) in [4.78, 5) is 32.7. The first-order valence-electron chi connectivity index (χ1n) is 5.75. The molecule has 0 aliphatic rings. The van der Waals surface area contributed by atoms with Gasteiger partial charge in [0.1, 0.15) is 0 Å². The van der Waals surface area contributed by atoms with Crippen LogP contribution in [-0.2, 0) is 23.1 Å². The molecule has 0 saturated carbocycles. The molecule has 1 heterocycles. The second-order valence-corrected chi connectivity index (χ2v) is 3.89. The molecule has 0 aliphatic heterocycles. The Morgan fingerprint density at radius 3 is 2.68 bits per heavy atom. The molecule has 1 aromatic rings. The van der Waals surface area contributed by atoms with Gasteiger partial charge >= 0.3 is 12.0 Å². The number of rotatable bonds is 6. The standard InChI is InChI=1S/C11H16N4O4/c1-15-8(5-7-13-15)4-6-12-11(19)14-9(16)2-3-10(17)18/h5,7H,2-4,6H2,1H3,(H,17,18)(H2,12,14,16,19). The molecule has 0 bridgehead atoms. The summed E-state index contributed by atoms with van der Waals surface area (Å²) in [7, 11) is 1.80. The van der Waals surface area contributed by atoms with Crippen molar-refractivity contribution < 1.29 is 19.5 Å². The summed E-state index contributed by atoms with van der Waals surface area (Å²) >= 11 is 0. The molecule has 3 N–H and O–H groups in total. The molecule has 8 nitrogen and oxygen atoms in total. The number of carbonyl (C=O) groups excluding carboxylic acids is 2. The Kier molecular flexibility index (Phi) is 5.52. The number of aromatic nitrogens is 2. The minimum absolute atomic E-state index is 0.218. The molecule has 19 heavy (non-hydrogen) atoms. The third kappa shape index (κ3) is 5.66. The molecule has 0 aliphatic carbocycles. The zero-order valence-corrected chi connectivity index (χ0v) is 10.5. The highest BCUT2D eigenvalue weighted by Gasteiger charge is 2.09. The second-order valence-electron chi connectivity index (χ2n) is 3.89. The molecule has 3 amide bonds. The summed E-state index contributed by atoms with van der Waals surface area (Å²) in [6, 6.07) is 1.20. The lowest BCUT2D eigenvalue weighted by Gasteiger charge is -2.06. The molecule has 0 atom stereocenters. The highest BCUT2D eigenvalue weighted by Crippen LogP contribution is 1.95. The number of urea groups is 1. The van der Waals surface area contributed by atoms with Crippen LogP contribution in [0.1, 0.15) is 18.5 Å². The lowest BCUT2D eigenvalue weighted by atomic mass is 10.3. The number of nitrogens with zero attached hydrogens (tertiary/aromatic N) is 2. The van der Waals surface area contributed by atoms with Crippen molar-refractivity contribution in [1.82, 2.24) is 20.4 Å². The number of amides is 3. The fraction of sp³-hybridized carbons (Fsp3) is 0.455. The van der Waals surface area contributed by atoms with Crippen molar-refractivity contribution in [3.8, 4) is 0 Å². The Hall–Kier alpha value is -2.38. The Balaban J connectivity index is 2.19. The van der Waals surface area contributed by atoms with Crippen LogP contribution in [0.4, 0.5) is 4.79 Å². The van der Waals surface area contributed by atoms with Crippen molar-refractivity contribution in [2.24, 2.45) is 7.05 Å². The van der Waals surface area contributed by atoms with Crippen molar-refractivity contribution in [1.29, 1.82) is 0 Å². The molecule has 0 spiro atoms. The average molecular weight is 268 g/mol. The molecule has 0 radical (unpaired) electrons. The molecular formula is C11H16N4O4. The van der Waals surface area contributed by atoms with Gasteiger partial charge in [-0.25, -0.2) is 4.79 Å². The Labute approximate surface area is 109 Å². The quantitative estimate of drug-likeness (QED) is 0.652. The molecule has 0 unspecified atom stereocenters. The van der Waals surface area contributed by atoms with Crippen LogP contribution in [0.2, 0.25) is 0 Å². The van der Waals surface area contributed by atoms with Crippen LogP contribution < -0.4 is 10.6 Å². The van der Waals surface area contributed by atoms with E-state index in [9.17, 15) is 14.4 Å². The highest BCUT2D eigenvalue weighted by atomic mass is 16.4. The number of carbonyl (C=O) groups is 3. The summed E-state index contributed by atoms with van der Waals surface area (Å²) in [5, 5.41) is 16.9. The first-order chi connectivity index (χ1) is 8.99. The fourth-order valence-corrected chi connectivity index (χ4v) is 1.40. The van der Waals surface area contributed by atoms with Gasteiger partial charge in [0.25, 0.3) is 0 Å². The number of carboxylic acid groups (broad SMARTS) is 1. The molecule has 1 rings (SSSR count). The van der Waals surface area contributed by atoms with Crippen LogP contribution in [0, 0.1) is 0 Å². The molecule has 0 aromatic carbocycles. The summed E-state index contributed by atoms with van der Waals surface area (Å²) in [5.41, 5.74) is 0.956. The maximum Gasteiger partial charge on any atom is 0.321 e. The van der Waals surface area contributed by atoms with E-state index in [2.05, 4.69) is 15.7 Å². The number of imide groups is 1. The van der Waals surface area contributed by atoms with E-state index in [1.807, 2.05) is 6.07 Å².